The van der Waals surface area contributed by atoms with Gasteiger partial charge in [-0.15, -0.1) is 0 Å². The molecule has 0 radical (unpaired) electrons. The van der Waals surface area contributed by atoms with Crippen molar-refractivity contribution in [2.75, 3.05) is 0 Å². The molecule has 1 aliphatic rings. The van der Waals surface area contributed by atoms with Gasteiger partial charge in [-0.2, -0.15) is 0 Å². The second-order valence-electron chi connectivity index (χ2n) is 4.19. The van der Waals surface area contributed by atoms with Gasteiger partial charge in [-0.05, 0) is 19.4 Å². The van der Waals surface area contributed by atoms with Crippen LogP contribution in [0.5, 0.6) is 5.75 Å². The average molecular weight is 498 g/mol. The minimum absolute atomic E-state index is 0.534. The van der Waals surface area contributed by atoms with Crippen molar-refractivity contribution < 1.29 is 18.9 Å². The van der Waals surface area contributed by atoms with Crippen LogP contribution in [-0.4, -0.2) is 10.8 Å². The van der Waals surface area contributed by atoms with Crippen molar-refractivity contribution in [2.45, 2.75) is 40.1 Å². The molecule has 0 bridgehead atoms. The first-order valence-corrected chi connectivity index (χ1v) is 14.1. The van der Waals surface area contributed by atoms with Crippen LogP contribution in [0.15, 0.2) is 6.20 Å². The van der Waals surface area contributed by atoms with E-state index in [4.69, 9.17) is 9.47 Å². The summed E-state index contributed by atoms with van der Waals surface area (Å²) < 4.78 is 11.3. The van der Waals surface area contributed by atoms with Crippen LogP contribution in [0, 0.1) is 13.8 Å². The number of rotatable bonds is 0. The van der Waals surface area contributed by atoms with Gasteiger partial charge in [-0.1, -0.05) is 0 Å². The van der Waals surface area contributed by atoms with Crippen LogP contribution in [0.4, 0.5) is 0 Å². The Morgan fingerprint density at radius 2 is 1.94 bits per heavy atom. The zero-order chi connectivity index (χ0) is 13.1. The van der Waals surface area contributed by atoms with E-state index in [1.165, 1.54) is 0 Å². The Kier molecular flexibility index (Phi) is 6.53. The van der Waals surface area contributed by atoms with Crippen molar-refractivity contribution in [2.24, 2.45) is 0 Å². The fraction of sp³-hybridized carbons (Fsp3) is 0.545. The van der Waals surface area contributed by atoms with E-state index in [0.717, 1.165) is 22.6 Å². The molecule has 2 heterocycles. The SMILES string of the molecule is Cc1cnc(C)c2c1COC(C)(C)O2.[I][V][I]. The Morgan fingerprint density at radius 3 is 2.53 bits per heavy atom. The van der Waals surface area contributed by atoms with Crippen LogP contribution >= 0.6 is 40.0 Å². The molecule has 0 fully saturated rings. The molecule has 2 rings (SSSR count). The molecule has 0 saturated carbocycles. The average Bonchev–Trinajstić information content (AvgIpc) is 2.24. The Balaban J connectivity index is 0.000000437. The van der Waals surface area contributed by atoms with Crippen molar-refractivity contribution in [1.29, 1.82) is 0 Å². The molecule has 0 N–H and O–H groups in total. The fourth-order valence-electron chi connectivity index (χ4n) is 1.56. The minimum atomic E-state index is -0.534. The van der Waals surface area contributed by atoms with E-state index in [1.54, 1.807) is 0 Å². The maximum atomic E-state index is 5.75. The fourth-order valence-corrected chi connectivity index (χ4v) is 1.56. The molecule has 0 spiro atoms. The third kappa shape index (κ3) is 4.52. The van der Waals surface area contributed by atoms with Crippen LogP contribution in [-0.2, 0) is 20.8 Å². The van der Waals surface area contributed by atoms with E-state index >= 15 is 0 Å². The zero-order valence-electron chi connectivity index (χ0n) is 10.3. The number of pyridine rings is 1. The van der Waals surface area contributed by atoms with Crippen molar-refractivity contribution in [3.05, 3.63) is 23.0 Å². The van der Waals surface area contributed by atoms with E-state index in [-0.39, 0.29) is 0 Å². The van der Waals surface area contributed by atoms with Crippen LogP contribution < -0.4 is 4.74 Å². The van der Waals surface area contributed by atoms with Crippen molar-refractivity contribution in [1.82, 2.24) is 4.98 Å². The summed E-state index contributed by atoms with van der Waals surface area (Å²) in [5.41, 5.74) is 3.18. The van der Waals surface area contributed by atoms with Crippen molar-refractivity contribution in [3.63, 3.8) is 0 Å². The predicted molar refractivity (Wildman–Crippen MR) is 81.2 cm³/mol. The molecule has 17 heavy (non-hydrogen) atoms. The topological polar surface area (TPSA) is 31.4 Å². The second kappa shape index (κ2) is 6.93. The molecular formula is C11H15I2NO2V. The summed E-state index contributed by atoms with van der Waals surface area (Å²) in [7, 11) is 0.628. The van der Waals surface area contributed by atoms with E-state index in [9.17, 15) is 0 Å². The van der Waals surface area contributed by atoms with E-state index in [0.29, 0.717) is 16.1 Å². The van der Waals surface area contributed by atoms with E-state index in [1.807, 2.05) is 33.9 Å². The first-order valence-electron chi connectivity index (χ1n) is 5.11. The van der Waals surface area contributed by atoms with Gasteiger partial charge in [0.05, 0.1) is 12.3 Å². The van der Waals surface area contributed by atoms with Crippen molar-refractivity contribution in [3.8, 4) is 5.75 Å². The molecule has 0 saturated heterocycles. The summed E-state index contributed by atoms with van der Waals surface area (Å²) in [5, 5.41) is 0. The number of hydrogen-bond donors (Lipinski definition) is 0. The first kappa shape index (κ1) is 16.0. The number of halogens is 2. The quantitative estimate of drug-likeness (QED) is 0.505. The summed E-state index contributed by atoms with van der Waals surface area (Å²) in [6, 6.07) is 0. The monoisotopic (exact) mass is 498 g/mol. The standard InChI is InChI=1S/C11H15NO2.2HI.V/c1-7-5-12-8(2)10-9(7)6-13-11(3,4)14-10;;;/h5H,6H2,1-4H3;2*1H;/q;;;+2/p-2. The number of fused-ring (bicyclic) bond motifs is 1. The molecule has 0 amide bonds. The third-order valence-electron chi connectivity index (χ3n) is 2.44. The number of aryl methyl sites for hydroxylation is 2. The molecule has 0 aliphatic carbocycles. The number of ether oxygens (including phenoxy) is 2. The van der Waals surface area contributed by atoms with Crippen LogP contribution in [0.3, 0.4) is 0 Å². The van der Waals surface area contributed by atoms with Crippen molar-refractivity contribution >= 4 is 40.0 Å². The summed E-state index contributed by atoms with van der Waals surface area (Å²) in [5.74, 6) is 0.356. The van der Waals surface area contributed by atoms with E-state index in [2.05, 4.69) is 44.9 Å². The molecule has 0 atom stereocenters. The summed E-state index contributed by atoms with van der Waals surface area (Å²) in [6.45, 7) is 8.42. The van der Waals surface area contributed by atoms with Gasteiger partial charge >= 0.3 is 49.4 Å². The normalized spacial score (nSPS) is 16.1. The molecule has 1 aliphatic heterocycles. The summed E-state index contributed by atoms with van der Waals surface area (Å²) in [4.78, 5) is 4.28. The third-order valence-corrected chi connectivity index (χ3v) is 2.44. The Bertz CT molecular complexity index is 399. The first-order chi connectivity index (χ1) is 7.91. The van der Waals surface area contributed by atoms with Gasteiger partial charge < -0.3 is 9.47 Å². The van der Waals surface area contributed by atoms with E-state index < -0.39 is 5.79 Å². The summed E-state index contributed by atoms with van der Waals surface area (Å²) in [6.07, 6.45) is 1.86. The Labute approximate surface area is 131 Å². The number of nitrogens with zero attached hydrogens (tertiary/aromatic N) is 1. The van der Waals surface area contributed by atoms with Gasteiger partial charge in [-0.3, -0.25) is 4.98 Å². The molecule has 0 aromatic carbocycles. The molecule has 95 valence electrons. The molecule has 0 unspecified atom stereocenters. The molecule has 3 nitrogen and oxygen atoms in total. The van der Waals surface area contributed by atoms with Gasteiger partial charge in [-0.25, -0.2) is 0 Å². The van der Waals surface area contributed by atoms with Gasteiger partial charge in [0, 0.05) is 25.6 Å². The maximum absolute atomic E-state index is 5.75. The summed E-state index contributed by atoms with van der Waals surface area (Å²) >= 11 is 4.74. The Hall–Kier alpha value is 0.954. The van der Waals surface area contributed by atoms with Gasteiger partial charge in [0.15, 0.2) is 0 Å². The second-order valence-corrected chi connectivity index (χ2v) is 16.0. The Morgan fingerprint density at radius 1 is 1.35 bits per heavy atom. The molecular weight excluding hydrogens is 483 g/mol. The van der Waals surface area contributed by atoms with Crippen LogP contribution in [0.2, 0.25) is 0 Å². The molecule has 1 aromatic heterocycles. The van der Waals surface area contributed by atoms with Gasteiger partial charge in [0.25, 0.3) is 0 Å². The van der Waals surface area contributed by atoms with Crippen LogP contribution in [0.1, 0.15) is 30.7 Å². The predicted octanol–water partition coefficient (Wildman–Crippen LogP) is 4.11. The van der Waals surface area contributed by atoms with Gasteiger partial charge in [0.2, 0.25) is 5.79 Å². The van der Waals surface area contributed by atoms with Crippen LogP contribution in [0.25, 0.3) is 0 Å². The zero-order valence-corrected chi connectivity index (χ0v) is 16.0. The number of hydrogen-bond acceptors (Lipinski definition) is 3. The molecule has 1 aromatic rings. The number of aromatic nitrogens is 1. The molecule has 6 heteroatoms. The van der Waals surface area contributed by atoms with Gasteiger partial charge in [0.1, 0.15) is 5.75 Å².